The van der Waals surface area contributed by atoms with E-state index in [0.717, 1.165) is 6.42 Å². The Bertz CT molecular complexity index is 1090. The van der Waals surface area contributed by atoms with E-state index in [1.807, 2.05) is 0 Å². The van der Waals surface area contributed by atoms with Crippen LogP contribution in [0.15, 0.2) is 42.9 Å². The number of nitrogens with zero attached hydrogens (tertiary/aromatic N) is 1. The van der Waals surface area contributed by atoms with E-state index < -0.39 is 60.2 Å². The minimum atomic E-state index is -1.58. The summed E-state index contributed by atoms with van der Waals surface area (Å²) in [6.07, 6.45) is 3.48. The van der Waals surface area contributed by atoms with Gasteiger partial charge in [-0.05, 0) is 24.9 Å². The first-order valence-electron chi connectivity index (χ1n) is 11.8. The molecule has 37 heavy (non-hydrogen) atoms. The average Bonchev–Trinajstić information content (AvgIpc) is 3.57. The first kappa shape index (κ1) is 27.3. The number of aliphatic carboxylic acids is 2. The molecule has 0 saturated carbocycles. The van der Waals surface area contributed by atoms with Gasteiger partial charge in [0.05, 0.1) is 18.8 Å². The number of nitrogens with one attached hydrogen (secondary N) is 5. The lowest BCUT2D eigenvalue weighted by molar-refractivity contribution is -0.143. The lowest BCUT2D eigenvalue weighted by atomic mass is 10.0. The number of hydrogen-bond donors (Lipinski definition) is 7. The molecule has 2 heterocycles. The van der Waals surface area contributed by atoms with Crippen LogP contribution in [0.2, 0.25) is 0 Å². The van der Waals surface area contributed by atoms with Gasteiger partial charge in [-0.15, -0.1) is 0 Å². The predicted octanol–water partition coefficient (Wildman–Crippen LogP) is -1.04. The van der Waals surface area contributed by atoms with Crippen LogP contribution in [0.25, 0.3) is 0 Å². The number of carbonyl (C=O) groups excluding carboxylic acids is 3. The Morgan fingerprint density at radius 3 is 2.24 bits per heavy atom. The average molecular weight is 515 g/mol. The van der Waals surface area contributed by atoms with Crippen molar-refractivity contribution in [3.63, 3.8) is 0 Å². The smallest absolute Gasteiger partial charge is 0.326 e. The van der Waals surface area contributed by atoms with Gasteiger partial charge in [-0.3, -0.25) is 19.2 Å². The van der Waals surface area contributed by atoms with Crippen LogP contribution in [-0.4, -0.2) is 80.6 Å². The van der Waals surface area contributed by atoms with Crippen molar-refractivity contribution in [1.29, 1.82) is 0 Å². The van der Waals surface area contributed by atoms with Gasteiger partial charge < -0.3 is 36.5 Å². The third-order valence-electron chi connectivity index (χ3n) is 5.90. The van der Waals surface area contributed by atoms with Crippen molar-refractivity contribution in [2.45, 2.75) is 56.3 Å². The van der Waals surface area contributed by atoms with Crippen molar-refractivity contribution >= 4 is 29.7 Å². The second-order valence-electron chi connectivity index (χ2n) is 8.74. The number of carboxylic acids is 2. The van der Waals surface area contributed by atoms with Gasteiger partial charge in [-0.2, -0.15) is 0 Å². The van der Waals surface area contributed by atoms with E-state index in [-0.39, 0.29) is 12.8 Å². The Balaban J connectivity index is 1.72. The van der Waals surface area contributed by atoms with Crippen LogP contribution < -0.4 is 21.3 Å². The molecule has 7 N–H and O–H groups in total. The van der Waals surface area contributed by atoms with E-state index in [2.05, 4.69) is 31.2 Å². The summed E-state index contributed by atoms with van der Waals surface area (Å²) in [5.41, 5.74) is 1.18. The van der Waals surface area contributed by atoms with Crippen molar-refractivity contribution in [3.8, 4) is 0 Å². The summed E-state index contributed by atoms with van der Waals surface area (Å²) in [7, 11) is 0. The molecule has 4 atom stereocenters. The standard InChI is InChI=1S/C24H30N6O7/c31-20(32)11-18(23(35)30-19(24(36)37)9-14-5-2-1-3-6-14)29-22(34)17(10-15-12-25-13-27-15)28-21(33)16-7-4-8-26-16/h1-3,5-6,12-13,16-19,26H,4,7-11H2,(H,25,27)(H,28,33)(H,29,34)(H,30,35)(H,31,32)(H,36,37). The number of amides is 3. The summed E-state index contributed by atoms with van der Waals surface area (Å²) < 4.78 is 0. The highest BCUT2D eigenvalue weighted by atomic mass is 16.4. The summed E-state index contributed by atoms with van der Waals surface area (Å²) >= 11 is 0. The molecule has 2 aromatic rings. The molecule has 1 aliphatic rings. The molecule has 198 valence electrons. The second-order valence-corrected chi connectivity index (χ2v) is 8.74. The Hall–Kier alpha value is -4.26. The maximum absolute atomic E-state index is 13.2. The van der Waals surface area contributed by atoms with E-state index >= 15 is 0 Å². The highest BCUT2D eigenvalue weighted by Crippen LogP contribution is 2.08. The SMILES string of the molecule is O=C(O)CC(NC(=O)C(Cc1cnc[nH]1)NC(=O)C1CCCN1)C(=O)NC(Cc1ccccc1)C(=O)O. The fraction of sp³-hybridized carbons (Fsp3) is 0.417. The van der Waals surface area contributed by atoms with Crippen LogP contribution in [0, 0.1) is 0 Å². The maximum atomic E-state index is 13.2. The molecule has 13 nitrogen and oxygen atoms in total. The summed E-state index contributed by atoms with van der Waals surface area (Å²) in [5, 5.41) is 29.3. The van der Waals surface area contributed by atoms with Crippen LogP contribution >= 0.6 is 0 Å². The number of rotatable bonds is 13. The van der Waals surface area contributed by atoms with Crippen LogP contribution in [-0.2, 0) is 36.8 Å². The molecular weight excluding hydrogens is 484 g/mol. The molecule has 3 rings (SSSR count). The lowest BCUT2D eigenvalue weighted by Crippen LogP contribution is -2.58. The van der Waals surface area contributed by atoms with Gasteiger partial charge in [0.15, 0.2) is 0 Å². The maximum Gasteiger partial charge on any atom is 0.326 e. The van der Waals surface area contributed by atoms with Gasteiger partial charge in [0.25, 0.3) is 0 Å². The van der Waals surface area contributed by atoms with Gasteiger partial charge >= 0.3 is 11.9 Å². The molecule has 13 heteroatoms. The molecule has 1 aromatic carbocycles. The van der Waals surface area contributed by atoms with Crippen molar-refractivity contribution in [1.82, 2.24) is 31.2 Å². The number of hydrogen-bond acceptors (Lipinski definition) is 7. The molecule has 1 saturated heterocycles. The zero-order valence-corrected chi connectivity index (χ0v) is 20.0. The van der Waals surface area contributed by atoms with Gasteiger partial charge in [0.2, 0.25) is 17.7 Å². The van der Waals surface area contributed by atoms with Crippen molar-refractivity contribution in [2.24, 2.45) is 0 Å². The van der Waals surface area contributed by atoms with Crippen LogP contribution in [0.4, 0.5) is 0 Å². The van der Waals surface area contributed by atoms with Crippen LogP contribution in [0.1, 0.15) is 30.5 Å². The quantitative estimate of drug-likeness (QED) is 0.174. The second kappa shape index (κ2) is 13.2. The fourth-order valence-electron chi connectivity index (χ4n) is 3.98. The highest BCUT2D eigenvalue weighted by Gasteiger charge is 2.33. The summed E-state index contributed by atoms with van der Waals surface area (Å²) in [4.78, 5) is 68.7. The number of imidazole rings is 1. The third kappa shape index (κ3) is 8.42. The van der Waals surface area contributed by atoms with Gasteiger partial charge in [0.1, 0.15) is 18.1 Å². The number of aromatic nitrogens is 2. The highest BCUT2D eigenvalue weighted by molar-refractivity contribution is 5.95. The molecule has 1 aromatic heterocycles. The Kier molecular flexibility index (Phi) is 9.72. The number of carboxylic acid groups (broad SMARTS) is 2. The first-order chi connectivity index (χ1) is 17.7. The summed E-state index contributed by atoms with van der Waals surface area (Å²) in [6, 6.07) is 4.06. The minimum Gasteiger partial charge on any atom is -0.481 e. The molecule has 0 bridgehead atoms. The number of carbonyl (C=O) groups is 5. The minimum absolute atomic E-state index is 0.0114. The topological polar surface area (TPSA) is 203 Å². The van der Waals surface area contributed by atoms with E-state index in [4.69, 9.17) is 0 Å². The first-order valence-corrected chi connectivity index (χ1v) is 11.8. The Morgan fingerprint density at radius 1 is 0.946 bits per heavy atom. The van der Waals surface area contributed by atoms with E-state index in [1.54, 1.807) is 30.3 Å². The van der Waals surface area contributed by atoms with E-state index in [1.165, 1.54) is 12.5 Å². The summed E-state index contributed by atoms with van der Waals surface area (Å²) in [6.45, 7) is 0.671. The molecular formula is C24H30N6O7. The number of benzene rings is 1. The van der Waals surface area contributed by atoms with Gasteiger partial charge in [-0.25, -0.2) is 9.78 Å². The largest absolute Gasteiger partial charge is 0.481 e. The van der Waals surface area contributed by atoms with Crippen LogP contribution in [0.5, 0.6) is 0 Å². The molecule has 1 fully saturated rings. The lowest BCUT2D eigenvalue weighted by Gasteiger charge is -2.24. The Labute approximate surface area is 212 Å². The molecule has 3 amide bonds. The number of H-pyrrole nitrogens is 1. The fourth-order valence-corrected chi connectivity index (χ4v) is 3.98. The number of aromatic amines is 1. The molecule has 0 radical (unpaired) electrons. The van der Waals surface area contributed by atoms with Crippen LogP contribution in [0.3, 0.4) is 0 Å². The molecule has 0 aliphatic carbocycles. The Morgan fingerprint density at radius 2 is 1.65 bits per heavy atom. The normalized spacial score (nSPS) is 17.2. The van der Waals surface area contributed by atoms with Gasteiger partial charge in [0, 0.05) is 24.7 Å². The van der Waals surface area contributed by atoms with E-state index in [0.29, 0.717) is 24.2 Å². The van der Waals surface area contributed by atoms with Crippen molar-refractivity contribution < 1.29 is 34.2 Å². The molecule has 4 unspecified atom stereocenters. The monoisotopic (exact) mass is 514 g/mol. The molecule has 0 spiro atoms. The molecule has 1 aliphatic heterocycles. The van der Waals surface area contributed by atoms with E-state index in [9.17, 15) is 34.2 Å². The van der Waals surface area contributed by atoms with Crippen molar-refractivity contribution in [2.75, 3.05) is 6.54 Å². The predicted molar refractivity (Wildman–Crippen MR) is 129 cm³/mol. The third-order valence-corrected chi connectivity index (χ3v) is 5.90. The van der Waals surface area contributed by atoms with Gasteiger partial charge in [-0.1, -0.05) is 30.3 Å². The summed E-state index contributed by atoms with van der Waals surface area (Å²) in [5.74, 6) is -4.85. The van der Waals surface area contributed by atoms with Crippen molar-refractivity contribution in [3.05, 3.63) is 54.1 Å². The zero-order valence-electron chi connectivity index (χ0n) is 20.0. The zero-order chi connectivity index (χ0) is 26.8.